The second-order valence-electron chi connectivity index (χ2n) is 10.1. The van der Waals surface area contributed by atoms with Crippen LogP contribution in [0, 0.1) is 17.8 Å². The van der Waals surface area contributed by atoms with Gasteiger partial charge in [0.1, 0.15) is 12.3 Å². The third kappa shape index (κ3) is 6.58. The Morgan fingerprint density at radius 3 is 2.42 bits per heavy atom. The fourth-order valence-electron chi connectivity index (χ4n) is 6.06. The van der Waals surface area contributed by atoms with E-state index in [2.05, 4.69) is 20.9 Å². The largest absolute Gasteiger partial charge is 0.480 e. The highest BCUT2D eigenvalue weighted by Gasteiger charge is 2.33. The van der Waals surface area contributed by atoms with Crippen LogP contribution in [-0.2, 0) is 9.53 Å². The van der Waals surface area contributed by atoms with Crippen LogP contribution >= 0.6 is 11.8 Å². The van der Waals surface area contributed by atoms with Crippen LogP contribution in [0.2, 0.25) is 0 Å². The molecule has 2 heterocycles. The highest BCUT2D eigenvalue weighted by molar-refractivity contribution is 7.99. The molecule has 31 heavy (non-hydrogen) atoms. The summed E-state index contributed by atoms with van der Waals surface area (Å²) in [5.41, 5.74) is 0. The fraction of sp³-hybridized carbons (Fsp3) is 0.957. The summed E-state index contributed by atoms with van der Waals surface area (Å²) >= 11 is 1.75. The zero-order valence-corrected chi connectivity index (χ0v) is 19.9. The van der Waals surface area contributed by atoms with Crippen molar-refractivity contribution in [3.63, 3.8) is 0 Å². The zero-order valence-electron chi connectivity index (χ0n) is 19.1. The van der Waals surface area contributed by atoms with E-state index in [0.717, 1.165) is 55.4 Å². The SMILES string of the molecule is COC1CCC(C2CNC(NC3CCC(CCN4CSCC4C(=O)O)CC3)NC2)CC1. The third-order valence-electron chi connectivity index (χ3n) is 8.22. The first-order valence-electron chi connectivity index (χ1n) is 12.4. The number of nitrogens with zero attached hydrogens (tertiary/aromatic N) is 1. The molecule has 4 N–H and O–H groups in total. The van der Waals surface area contributed by atoms with Crippen LogP contribution in [0.15, 0.2) is 0 Å². The van der Waals surface area contributed by atoms with Gasteiger partial charge in [0.25, 0.3) is 0 Å². The van der Waals surface area contributed by atoms with Crippen molar-refractivity contribution >= 4 is 17.7 Å². The molecule has 0 amide bonds. The van der Waals surface area contributed by atoms with Gasteiger partial charge in [0.15, 0.2) is 0 Å². The molecule has 4 fully saturated rings. The number of carboxylic acid groups (broad SMARTS) is 1. The lowest BCUT2D eigenvalue weighted by Gasteiger charge is -2.40. The van der Waals surface area contributed by atoms with Crippen LogP contribution in [0.3, 0.4) is 0 Å². The van der Waals surface area contributed by atoms with Gasteiger partial charge in [0, 0.05) is 44.4 Å². The summed E-state index contributed by atoms with van der Waals surface area (Å²) in [6, 6.07) is 0.314. The molecule has 4 rings (SSSR count). The molecule has 2 aliphatic heterocycles. The Morgan fingerprint density at radius 1 is 1.06 bits per heavy atom. The van der Waals surface area contributed by atoms with Gasteiger partial charge in [-0.25, -0.2) is 0 Å². The van der Waals surface area contributed by atoms with Gasteiger partial charge in [0.2, 0.25) is 0 Å². The van der Waals surface area contributed by atoms with Gasteiger partial charge in [-0.3, -0.25) is 25.6 Å². The monoisotopic (exact) mass is 454 g/mol. The second kappa shape index (κ2) is 11.7. The summed E-state index contributed by atoms with van der Waals surface area (Å²) in [6.07, 6.45) is 11.9. The van der Waals surface area contributed by atoms with E-state index < -0.39 is 5.97 Å². The first-order chi connectivity index (χ1) is 15.1. The lowest BCUT2D eigenvalue weighted by molar-refractivity contribution is -0.141. The molecular weight excluding hydrogens is 412 g/mol. The minimum absolute atomic E-state index is 0.242. The maximum absolute atomic E-state index is 11.4. The van der Waals surface area contributed by atoms with Gasteiger partial charge in [-0.05, 0) is 75.5 Å². The number of methoxy groups -OCH3 is 1. The number of rotatable bonds is 8. The van der Waals surface area contributed by atoms with Crippen molar-refractivity contribution in [2.24, 2.45) is 17.8 Å². The van der Waals surface area contributed by atoms with E-state index in [0.29, 0.717) is 12.1 Å². The van der Waals surface area contributed by atoms with Crippen molar-refractivity contribution in [3.8, 4) is 0 Å². The van der Waals surface area contributed by atoms with E-state index >= 15 is 0 Å². The van der Waals surface area contributed by atoms with E-state index in [1.54, 1.807) is 11.8 Å². The molecule has 7 nitrogen and oxygen atoms in total. The number of aliphatic carboxylic acids is 1. The predicted molar refractivity (Wildman–Crippen MR) is 125 cm³/mol. The molecule has 2 aliphatic carbocycles. The molecule has 2 saturated carbocycles. The van der Waals surface area contributed by atoms with E-state index in [4.69, 9.17) is 4.74 Å². The Labute approximate surface area is 191 Å². The van der Waals surface area contributed by atoms with Gasteiger partial charge in [-0.2, -0.15) is 0 Å². The Hall–Kier alpha value is -0.380. The normalized spacial score (nSPS) is 40.1. The van der Waals surface area contributed by atoms with E-state index in [-0.39, 0.29) is 12.3 Å². The second-order valence-corrected chi connectivity index (χ2v) is 11.1. The average Bonchev–Trinajstić information content (AvgIpc) is 3.28. The van der Waals surface area contributed by atoms with Crippen molar-refractivity contribution in [1.82, 2.24) is 20.9 Å². The van der Waals surface area contributed by atoms with Crippen LogP contribution in [0.5, 0.6) is 0 Å². The van der Waals surface area contributed by atoms with Crippen LogP contribution < -0.4 is 16.0 Å². The fourth-order valence-corrected chi connectivity index (χ4v) is 7.28. The lowest BCUT2D eigenvalue weighted by Crippen LogP contribution is -2.63. The van der Waals surface area contributed by atoms with Gasteiger partial charge in [-0.15, -0.1) is 11.8 Å². The number of hydrogen-bond donors (Lipinski definition) is 4. The molecule has 0 bridgehead atoms. The summed E-state index contributed by atoms with van der Waals surface area (Å²) in [4.78, 5) is 13.5. The van der Waals surface area contributed by atoms with Gasteiger partial charge in [-0.1, -0.05) is 0 Å². The summed E-state index contributed by atoms with van der Waals surface area (Å²) < 4.78 is 5.52. The molecular formula is C23H42N4O3S. The molecule has 8 heteroatoms. The van der Waals surface area contributed by atoms with Gasteiger partial charge in [0.05, 0.1) is 6.10 Å². The topological polar surface area (TPSA) is 85.9 Å². The standard InChI is InChI=1S/C23H42N4O3S/c1-30-20-8-4-17(5-9-20)18-12-24-23(25-13-18)26-19-6-2-16(3-7-19)10-11-27-15-31-14-21(27)22(28)29/h16-21,23-26H,2-15H2,1H3,(H,28,29). The van der Waals surface area contributed by atoms with Crippen LogP contribution in [0.1, 0.15) is 57.8 Å². The Kier molecular flexibility index (Phi) is 8.94. The summed E-state index contributed by atoms with van der Waals surface area (Å²) in [6.45, 7) is 3.16. The quantitative estimate of drug-likeness (QED) is 0.445. The molecule has 0 radical (unpaired) electrons. The third-order valence-corrected chi connectivity index (χ3v) is 9.29. The molecule has 0 aromatic heterocycles. The molecule has 1 atom stereocenters. The average molecular weight is 455 g/mol. The number of thioether (sulfide) groups is 1. The zero-order chi connectivity index (χ0) is 21.6. The maximum atomic E-state index is 11.4. The van der Waals surface area contributed by atoms with E-state index in [9.17, 15) is 9.90 Å². The van der Waals surface area contributed by atoms with Crippen molar-refractivity contribution in [2.75, 3.05) is 38.4 Å². The lowest BCUT2D eigenvalue weighted by atomic mass is 9.78. The predicted octanol–water partition coefficient (Wildman–Crippen LogP) is 2.28. The minimum atomic E-state index is -0.657. The molecule has 178 valence electrons. The number of hydrogen-bond acceptors (Lipinski definition) is 7. The molecule has 2 saturated heterocycles. The van der Waals surface area contributed by atoms with Gasteiger partial charge < -0.3 is 9.84 Å². The minimum Gasteiger partial charge on any atom is -0.480 e. The van der Waals surface area contributed by atoms with Crippen LogP contribution in [0.4, 0.5) is 0 Å². The molecule has 1 unspecified atom stereocenters. The number of ether oxygens (including phenoxy) is 1. The first kappa shape index (κ1) is 23.8. The highest BCUT2D eigenvalue weighted by Crippen LogP contribution is 2.32. The highest BCUT2D eigenvalue weighted by atomic mass is 32.2. The Morgan fingerprint density at radius 2 is 1.77 bits per heavy atom. The number of nitrogens with one attached hydrogen (secondary N) is 3. The molecule has 0 aromatic carbocycles. The van der Waals surface area contributed by atoms with Gasteiger partial charge >= 0.3 is 5.97 Å². The Balaban J connectivity index is 1.09. The maximum Gasteiger partial charge on any atom is 0.321 e. The van der Waals surface area contributed by atoms with Crippen molar-refractivity contribution in [1.29, 1.82) is 0 Å². The van der Waals surface area contributed by atoms with Crippen molar-refractivity contribution in [2.45, 2.75) is 82.3 Å². The van der Waals surface area contributed by atoms with Crippen molar-refractivity contribution in [3.05, 3.63) is 0 Å². The molecule has 0 aromatic rings. The van der Waals surface area contributed by atoms with Crippen LogP contribution in [0.25, 0.3) is 0 Å². The number of carboxylic acids is 1. The van der Waals surface area contributed by atoms with Crippen LogP contribution in [-0.4, -0.2) is 78.8 Å². The molecule has 4 aliphatic rings. The molecule has 0 spiro atoms. The van der Waals surface area contributed by atoms with Crippen molar-refractivity contribution < 1.29 is 14.6 Å². The summed E-state index contributed by atoms with van der Waals surface area (Å²) in [5.74, 6) is 3.28. The first-order valence-corrected chi connectivity index (χ1v) is 13.6. The van der Waals surface area contributed by atoms with E-state index in [1.165, 1.54) is 51.4 Å². The number of carbonyl (C=O) groups is 1. The van der Waals surface area contributed by atoms with E-state index in [1.807, 2.05) is 7.11 Å². The summed E-state index contributed by atoms with van der Waals surface area (Å²) in [5, 5.41) is 20.6. The smallest absolute Gasteiger partial charge is 0.321 e. The Bertz CT molecular complexity index is 559. The summed E-state index contributed by atoms with van der Waals surface area (Å²) in [7, 11) is 1.85.